The van der Waals surface area contributed by atoms with Gasteiger partial charge in [0.15, 0.2) is 0 Å². The van der Waals surface area contributed by atoms with Crippen molar-refractivity contribution >= 4 is 10.0 Å². The number of nitrogens with zero attached hydrogens (tertiary/aromatic N) is 2. The molecular formula is C15H21N3O2S. The lowest BCUT2D eigenvalue weighted by Gasteiger charge is -2.34. The molecule has 5 nitrogen and oxygen atoms in total. The van der Waals surface area contributed by atoms with Crippen molar-refractivity contribution in [1.82, 2.24) is 4.31 Å². The van der Waals surface area contributed by atoms with E-state index in [1.807, 2.05) is 13.0 Å². The monoisotopic (exact) mass is 307 g/mol. The molecule has 6 heteroatoms. The summed E-state index contributed by atoms with van der Waals surface area (Å²) >= 11 is 0. The average Bonchev–Trinajstić information content (AvgIpc) is 2.47. The maximum absolute atomic E-state index is 12.8. The molecule has 0 aromatic heterocycles. The van der Waals surface area contributed by atoms with Gasteiger partial charge < -0.3 is 5.73 Å². The predicted octanol–water partition coefficient (Wildman–Crippen LogP) is 1.61. The Morgan fingerprint density at radius 1 is 1.48 bits per heavy atom. The first-order chi connectivity index (χ1) is 9.87. The highest BCUT2D eigenvalue weighted by atomic mass is 32.2. The van der Waals surface area contributed by atoms with Crippen LogP contribution in [0, 0.1) is 24.2 Å². The summed E-state index contributed by atoms with van der Waals surface area (Å²) in [7, 11) is -3.64. The Hall–Kier alpha value is -1.42. The molecule has 0 radical (unpaired) electrons. The first kappa shape index (κ1) is 16.0. The minimum Gasteiger partial charge on any atom is -0.328 e. The van der Waals surface area contributed by atoms with Gasteiger partial charge in [-0.25, -0.2) is 8.42 Å². The number of aryl methyl sites for hydroxylation is 1. The molecule has 1 aromatic carbocycles. The van der Waals surface area contributed by atoms with Crippen molar-refractivity contribution in [3.05, 3.63) is 29.3 Å². The number of hydrogen-bond donors (Lipinski definition) is 1. The number of piperidine rings is 1. The minimum atomic E-state index is -3.64. The zero-order valence-corrected chi connectivity index (χ0v) is 13.2. The minimum absolute atomic E-state index is 0.0315. The molecule has 0 amide bonds. The number of rotatable bonds is 3. The molecule has 0 spiro atoms. The SMILES string of the molecule is Cc1cccc(S(=O)(=O)N2CCC[C@@H]([C@@H](C)N)C2)c1C#N. The second-order valence-electron chi connectivity index (χ2n) is 5.68. The Labute approximate surface area is 126 Å². The second-order valence-corrected chi connectivity index (χ2v) is 7.59. The number of hydrogen-bond acceptors (Lipinski definition) is 4. The molecule has 0 unspecified atom stereocenters. The number of nitriles is 1. The molecule has 2 atom stereocenters. The summed E-state index contributed by atoms with van der Waals surface area (Å²) in [6.07, 6.45) is 1.75. The summed E-state index contributed by atoms with van der Waals surface area (Å²) in [6, 6.07) is 6.92. The highest BCUT2D eigenvalue weighted by Crippen LogP contribution is 2.27. The molecule has 0 saturated carbocycles. The van der Waals surface area contributed by atoms with Crippen LogP contribution >= 0.6 is 0 Å². The highest BCUT2D eigenvalue weighted by Gasteiger charge is 2.33. The Morgan fingerprint density at radius 2 is 2.19 bits per heavy atom. The van der Waals surface area contributed by atoms with E-state index in [0.29, 0.717) is 18.7 Å². The van der Waals surface area contributed by atoms with Crippen LogP contribution in [-0.4, -0.2) is 31.9 Å². The van der Waals surface area contributed by atoms with Crippen molar-refractivity contribution in [2.24, 2.45) is 11.7 Å². The van der Waals surface area contributed by atoms with Gasteiger partial charge in [0.05, 0.1) is 5.56 Å². The smallest absolute Gasteiger partial charge is 0.244 e. The first-order valence-electron chi connectivity index (χ1n) is 7.13. The zero-order chi connectivity index (χ0) is 15.6. The van der Waals surface area contributed by atoms with Crippen molar-refractivity contribution in [2.75, 3.05) is 13.1 Å². The van der Waals surface area contributed by atoms with Crippen molar-refractivity contribution in [3.8, 4) is 6.07 Å². The molecule has 1 aromatic rings. The Kier molecular flexibility index (Phi) is 4.67. The van der Waals surface area contributed by atoms with Crippen LogP contribution in [-0.2, 0) is 10.0 Å². The van der Waals surface area contributed by atoms with Gasteiger partial charge in [0.1, 0.15) is 11.0 Å². The van der Waals surface area contributed by atoms with E-state index < -0.39 is 10.0 Å². The second kappa shape index (κ2) is 6.14. The fourth-order valence-electron chi connectivity index (χ4n) is 2.76. The Morgan fingerprint density at radius 3 is 2.81 bits per heavy atom. The molecule has 1 fully saturated rings. The van der Waals surface area contributed by atoms with Crippen LogP contribution in [0.2, 0.25) is 0 Å². The lowest BCUT2D eigenvalue weighted by atomic mass is 9.93. The van der Waals surface area contributed by atoms with Crippen LogP contribution in [0.4, 0.5) is 0 Å². The normalized spacial score (nSPS) is 21.7. The van der Waals surface area contributed by atoms with Gasteiger partial charge >= 0.3 is 0 Å². The molecule has 21 heavy (non-hydrogen) atoms. The lowest BCUT2D eigenvalue weighted by molar-refractivity contribution is 0.243. The van der Waals surface area contributed by atoms with Gasteiger partial charge in [-0.1, -0.05) is 12.1 Å². The van der Waals surface area contributed by atoms with E-state index in [-0.39, 0.29) is 22.4 Å². The van der Waals surface area contributed by atoms with Crippen molar-refractivity contribution in [3.63, 3.8) is 0 Å². The van der Waals surface area contributed by atoms with Crippen LogP contribution in [0.15, 0.2) is 23.1 Å². The number of benzene rings is 1. The summed E-state index contributed by atoms with van der Waals surface area (Å²) in [6.45, 7) is 4.58. The van der Waals surface area contributed by atoms with E-state index in [0.717, 1.165) is 12.8 Å². The summed E-state index contributed by atoms with van der Waals surface area (Å²) in [5, 5.41) is 9.25. The van der Waals surface area contributed by atoms with E-state index in [1.54, 1.807) is 19.1 Å². The molecule has 0 aliphatic carbocycles. The molecule has 2 rings (SSSR count). The molecule has 1 aliphatic rings. The highest BCUT2D eigenvalue weighted by molar-refractivity contribution is 7.89. The number of nitrogens with two attached hydrogens (primary N) is 1. The topological polar surface area (TPSA) is 87.2 Å². The standard InChI is InChI=1S/C15H21N3O2S/c1-11-5-3-7-15(14(11)9-16)21(19,20)18-8-4-6-13(10-18)12(2)17/h3,5,7,12-13H,4,6,8,10,17H2,1-2H3/t12-,13-/m1/s1. The molecule has 1 heterocycles. The predicted molar refractivity (Wildman–Crippen MR) is 81.0 cm³/mol. The summed E-state index contributed by atoms with van der Waals surface area (Å²) in [4.78, 5) is 0.107. The van der Waals surface area contributed by atoms with E-state index in [1.165, 1.54) is 10.4 Å². The van der Waals surface area contributed by atoms with E-state index >= 15 is 0 Å². The third kappa shape index (κ3) is 3.10. The zero-order valence-electron chi connectivity index (χ0n) is 12.4. The maximum atomic E-state index is 12.8. The van der Waals surface area contributed by atoms with Gasteiger partial charge in [0.2, 0.25) is 10.0 Å². The molecule has 2 N–H and O–H groups in total. The summed E-state index contributed by atoms with van der Waals surface area (Å²) < 4.78 is 27.1. The number of sulfonamides is 1. The molecule has 1 saturated heterocycles. The van der Waals surface area contributed by atoms with Gasteiger partial charge in [0.25, 0.3) is 0 Å². The van der Waals surface area contributed by atoms with Crippen molar-refractivity contribution in [2.45, 2.75) is 37.6 Å². The summed E-state index contributed by atoms with van der Waals surface area (Å²) in [5.41, 5.74) is 6.83. The van der Waals surface area contributed by atoms with Crippen LogP contribution in [0.5, 0.6) is 0 Å². The fourth-order valence-corrected chi connectivity index (χ4v) is 4.51. The van der Waals surface area contributed by atoms with Crippen LogP contribution in [0.25, 0.3) is 0 Å². The van der Waals surface area contributed by atoms with Gasteiger partial charge in [-0.3, -0.25) is 0 Å². The summed E-state index contributed by atoms with van der Waals surface area (Å²) in [5.74, 6) is 0.170. The molecule has 114 valence electrons. The molecular weight excluding hydrogens is 286 g/mol. The third-order valence-electron chi connectivity index (χ3n) is 4.13. The van der Waals surface area contributed by atoms with Crippen LogP contribution < -0.4 is 5.73 Å². The maximum Gasteiger partial charge on any atom is 0.244 e. The van der Waals surface area contributed by atoms with Crippen molar-refractivity contribution < 1.29 is 8.42 Å². The largest absolute Gasteiger partial charge is 0.328 e. The lowest BCUT2D eigenvalue weighted by Crippen LogP contribution is -2.45. The molecule has 0 bridgehead atoms. The van der Waals surface area contributed by atoms with Gasteiger partial charge in [0, 0.05) is 19.1 Å². The average molecular weight is 307 g/mol. The van der Waals surface area contributed by atoms with Crippen LogP contribution in [0.3, 0.4) is 0 Å². The van der Waals surface area contributed by atoms with E-state index in [9.17, 15) is 13.7 Å². The van der Waals surface area contributed by atoms with E-state index in [2.05, 4.69) is 0 Å². The van der Waals surface area contributed by atoms with Gasteiger partial charge in [-0.05, 0) is 44.2 Å². The molecule has 1 aliphatic heterocycles. The van der Waals surface area contributed by atoms with Crippen LogP contribution in [0.1, 0.15) is 30.9 Å². The fraction of sp³-hybridized carbons (Fsp3) is 0.533. The Bertz CT molecular complexity index is 662. The van der Waals surface area contributed by atoms with Gasteiger partial charge in [-0.15, -0.1) is 0 Å². The van der Waals surface area contributed by atoms with E-state index in [4.69, 9.17) is 5.73 Å². The van der Waals surface area contributed by atoms with Gasteiger partial charge in [-0.2, -0.15) is 9.57 Å². The quantitative estimate of drug-likeness (QED) is 0.919. The van der Waals surface area contributed by atoms with Crippen molar-refractivity contribution in [1.29, 1.82) is 5.26 Å². The first-order valence-corrected chi connectivity index (χ1v) is 8.57. The Balaban J connectivity index is 2.39. The third-order valence-corrected chi connectivity index (χ3v) is 6.04.